The summed E-state index contributed by atoms with van der Waals surface area (Å²) in [5.41, 5.74) is 6.44. The van der Waals surface area contributed by atoms with E-state index >= 15 is 0 Å². The average molecular weight is 297 g/mol. The third-order valence-corrected chi connectivity index (χ3v) is 4.36. The maximum atomic E-state index is 5.65. The van der Waals surface area contributed by atoms with Gasteiger partial charge in [0.15, 0.2) is 0 Å². The maximum absolute atomic E-state index is 5.65. The minimum absolute atomic E-state index is 0.0422. The summed E-state index contributed by atoms with van der Waals surface area (Å²) in [6, 6.07) is 8.34. The van der Waals surface area contributed by atoms with Crippen LogP contribution in [0.25, 0.3) is 0 Å². The standard InChI is InChI=1S/C12H13BrN2S/c1-8-3-2-4-10(11(8)13)12(15-14)9-5-6-16-7-9/h2-7,12,15H,14H2,1H3. The van der Waals surface area contributed by atoms with Gasteiger partial charge in [0.05, 0.1) is 6.04 Å². The number of hydrogen-bond acceptors (Lipinski definition) is 3. The lowest BCUT2D eigenvalue weighted by molar-refractivity contribution is 0.636. The molecule has 0 radical (unpaired) electrons. The Morgan fingerprint density at radius 2 is 2.19 bits per heavy atom. The van der Waals surface area contributed by atoms with Crippen molar-refractivity contribution in [3.05, 3.63) is 56.2 Å². The van der Waals surface area contributed by atoms with E-state index in [1.54, 1.807) is 11.3 Å². The SMILES string of the molecule is Cc1cccc(C(NN)c2ccsc2)c1Br. The Bertz CT molecular complexity index is 468. The summed E-state index contributed by atoms with van der Waals surface area (Å²) in [6.07, 6.45) is 0. The van der Waals surface area contributed by atoms with E-state index in [0.29, 0.717) is 0 Å². The normalized spacial score (nSPS) is 12.7. The summed E-state index contributed by atoms with van der Waals surface area (Å²) in [5, 5.41) is 4.17. The van der Waals surface area contributed by atoms with Gasteiger partial charge in [-0.15, -0.1) is 0 Å². The molecular weight excluding hydrogens is 284 g/mol. The Hall–Kier alpha value is -0.680. The van der Waals surface area contributed by atoms with Crippen molar-refractivity contribution >= 4 is 27.3 Å². The molecule has 2 rings (SSSR count). The summed E-state index contributed by atoms with van der Waals surface area (Å²) in [7, 11) is 0. The van der Waals surface area contributed by atoms with Crippen LogP contribution in [-0.2, 0) is 0 Å². The molecule has 0 saturated carbocycles. The molecule has 0 aliphatic rings. The van der Waals surface area contributed by atoms with Crippen LogP contribution in [0.4, 0.5) is 0 Å². The fourth-order valence-corrected chi connectivity index (χ4v) is 2.88. The Morgan fingerprint density at radius 1 is 1.38 bits per heavy atom. The van der Waals surface area contributed by atoms with Gasteiger partial charge in [-0.3, -0.25) is 5.84 Å². The number of hydrazine groups is 1. The molecule has 1 atom stereocenters. The van der Waals surface area contributed by atoms with Crippen molar-refractivity contribution < 1.29 is 0 Å². The molecule has 1 heterocycles. The smallest absolute Gasteiger partial charge is 0.0729 e. The molecule has 3 N–H and O–H groups in total. The van der Waals surface area contributed by atoms with Crippen LogP contribution in [0.5, 0.6) is 0 Å². The second-order valence-corrected chi connectivity index (χ2v) is 5.21. The highest BCUT2D eigenvalue weighted by Gasteiger charge is 2.16. The molecular formula is C12H13BrN2S. The summed E-state index contributed by atoms with van der Waals surface area (Å²) >= 11 is 5.29. The first-order chi connectivity index (χ1) is 7.74. The average Bonchev–Trinajstić information content (AvgIpc) is 2.79. The molecule has 2 aromatic rings. The topological polar surface area (TPSA) is 38.0 Å². The molecule has 0 saturated heterocycles. The first kappa shape index (κ1) is 11.8. The molecule has 1 unspecified atom stereocenters. The van der Waals surface area contributed by atoms with Crippen LogP contribution in [0.15, 0.2) is 39.5 Å². The fraction of sp³-hybridized carbons (Fsp3) is 0.167. The van der Waals surface area contributed by atoms with Crippen molar-refractivity contribution in [1.82, 2.24) is 5.43 Å². The second kappa shape index (κ2) is 5.10. The van der Waals surface area contributed by atoms with Crippen molar-refractivity contribution in [3.63, 3.8) is 0 Å². The summed E-state index contributed by atoms with van der Waals surface area (Å²) < 4.78 is 1.11. The van der Waals surface area contributed by atoms with Gasteiger partial charge < -0.3 is 0 Å². The van der Waals surface area contributed by atoms with Gasteiger partial charge >= 0.3 is 0 Å². The zero-order valence-corrected chi connectivity index (χ0v) is 11.3. The van der Waals surface area contributed by atoms with E-state index in [2.05, 4.69) is 57.2 Å². The molecule has 84 valence electrons. The molecule has 4 heteroatoms. The number of benzene rings is 1. The zero-order chi connectivity index (χ0) is 11.5. The van der Waals surface area contributed by atoms with Crippen LogP contribution >= 0.6 is 27.3 Å². The third kappa shape index (κ3) is 2.20. The van der Waals surface area contributed by atoms with Crippen molar-refractivity contribution in [1.29, 1.82) is 0 Å². The molecule has 0 aliphatic carbocycles. The van der Waals surface area contributed by atoms with Crippen LogP contribution in [-0.4, -0.2) is 0 Å². The van der Waals surface area contributed by atoms with Gasteiger partial charge in [0.25, 0.3) is 0 Å². The van der Waals surface area contributed by atoms with E-state index < -0.39 is 0 Å². The van der Waals surface area contributed by atoms with Crippen molar-refractivity contribution in [2.24, 2.45) is 5.84 Å². The van der Waals surface area contributed by atoms with Gasteiger partial charge in [-0.2, -0.15) is 11.3 Å². The molecule has 0 aliphatic heterocycles. The summed E-state index contributed by atoms with van der Waals surface area (Å²) in [4.78, 5) is 0. The summed E-state index contributed by atoms with van der Waals surface area (Å²) in [6.45, 7) is 2.08. The monoisotopic (exact) mass is 296 g/mol. The fourth-order valence-electron chi connectivity index (χ4n) is 1.70. The van der Waals surface area contributed by atoms with E-state index in [-0.39, 0.29) is 6.04 Å². The highest BCUT2D eigenvalue weighted by Crippen LogP contribution is 2.31. The largest absolute Gasteiger partial charge is 0.271 e. The quantitative estimate of drug-likeness (QED) is 0.673. The van der Waals surface area contributed by atoms with Crippen molar-refractivity contribution in [3.8, 4) is 0 Å². The van der Waals surface area contributed by atoms with E-state index in [9.17, 15) is 0 Å². The number of halogens is 1. The number of rotatable bonds is 3. The van der Waals surface area contributed by atoms with E-state index in [1.807, 2.05) is 6.07 Å². The van der Waals surface area contributed by atoms with Gasteiger partial charge in [-0.1, -0.05) is 34.1 Å². The zero-order valence-electron chi connectivity index (χ0n) is 8.91. The van der Waals surface area contributed by atoms with E-state index in [0.717, 1.165) is 4.47 Å². The van der Waals surface area contributed by atoms with Crippen molar-refractivity contribution in [2.45, 2.75) is 13.0 Å². The summed E-state index contributed by atoms with van der Waals surface area (Å²) in [5.74, 6) is 5.65. The first-order valence-electron chi connectivity index (χ1n) is 4.97. The molecule has 0 fully saturated rings. The van der Waals surface area contributed by atoms with Crippen LogP contribution in [0.2, 0.25) is 0 Å². The molecule has 2 nitrogen and oxygen atoms in total. The molecule has 16 heavy (non-hydrogen) atoms. The lowest BCUT2D eigenvalue weighted by Gasteiger charge is -2.17. The number of nitrogens with two attached hydrogens (primary N) is 1. The number of thiophene rings is 1. The van der Waals surface area contributed by atoms with Gasteiger partial charge in [0.1, 0.15) is 0 Å². The highest BCUT2D eigenvalue weighted by atomic mass is 79.9. The van der Waals surface area contributed by atoms with Crippen LogP contribution in [0.3, 0.4) is 0 Å². The molecule has 0 bridgehead atoms. The number of hydrogen-bond donors (Lipinski definition) is 2. The van der Waals surface area contributed by atoms with Crippen molar-refractivity contribution in [2.75, 3.05) is 0 Å². The van der Waals surface area contributed by atoms with Gasteiger partial charge in [0, 0.05) is 4.47 Å². The maximum Gasteiger partial charge on any atom is 0.0729 e. The van der Waals surface area contributed by atoms with Gasteiger partial charge in [-0.05, 0) is 40.4 Å². The van der Waals surface area contributed by atoms with E-state index in [4.69, 9.17) is 5.84 Å². The molecule has 1 aromatic heterocycles. The highest BCUT2D eigenvalue weighted by molar-refractivity contribution is 9.10. The molecule has 0 spiro atoms. The molecule has 0 amide bonds. The number of aryl methyl sites for hydroxylation is 1. The Kier molecular flexibility index (Phi) is 3.76. The number of nitrogens with one attached hydrogen (secondary N) is 1. The van der Waals surface area contributed by atoms with Crippen LogP contribution in [0, 0.1) is 6.92 Å². The third-order valence-electron chi connectivity index (χ3n) is 2.58. The Balaban J connectivity index is 2.45. The van der Waals surface area contributed by atoms with E-state index in [1.165, 1.54) is 16.7 Å². The Morgan fingerprint density at radius 3 is 2.81 bits per heavy atom. The van der Waals surface area contributed by atoms with Gasteiger partial charge in [0.2, 0.25) is 0 Å². The minimum Gasteiger partial charge on any atom is -0.271 e. The second-order valence-electron chi connectivity index (χ2n) is 3.63. The molecule has 1 aromatic carbocycles. The minimum atomic E-state index is 0.0422. The van der Waals surface area contributed by atoms with Crippen LogP contribution in [0.1, 0.15) is 22.7 Å². The lowest BCUT2D eigenvalue weighted by atomic mass is 10.0. The Labute approximate surface area is 108 Å². The predicted molar refractivity (Wildman–Crippen MR) is 72.4 cm³/mol. The first-order valence-corrected chi connectivity index (χ1v) is 6.71. The predicted octanol–water partition coefficient (Wildman–Crippen LogP) is 3.37. The van der Waals surface area contributed by atoms with Crippen LogP contribution < -0.4 is 11.3 Å². The lowest BCUT2D eigenvalue weighted by Crippen LogP contribution is -2.28. The van der Waals surface area contributed by atoms with Gasteiger partial charge in [-0.25, -0.2) is 5.43 Å².